The van der Waals surface area contributed by atoms with Gasteiger partial charge in [-0.3, -0.25) is 19.3 Å². The molecule has 1 atom stereocenters. The highest BCUT2D eigenvalue weighted by atomic mass is 16.2. The molecule has 0 spiro atoms. The fourth-order valence-electron chi connectivity index (χ4n) is 2.24. The van der Waals surface area contributed by atoms with Gasteiger partial charge in [0.05, 0.1) is 6.04 Å². The van der Waals surface area contributed by atoms with Gasteiger partial charge in [0, 0.05) is 23.3 Å². The van der Waals surface area contributed by atoms with Crippen molar-refractivity contribution in [1.82, 2.24) is 10.2 Å². The third kappa shape index (κ3) is 1.68. The highest BCUT2D eigenvalue weighted by molar-refractivity contribution is 6.24. The third-order valence-electron chi connectivity index (χ3n) is 3.20. The van der Waals surface area contributed by atoms with Gasteiger partial charge in [0.2, 0.25) is 5.91 Å². The van der Waals surface area contributed by atoms with Gasteiger partial charge >= 0.3 is 0 Å². The van der Waals surface area contributed by atoms with Crippen LogP contribution in [0.4, 0.5) is 0 Å². The highest BCUT2D eigenvalue weighted by Crippen LogP contribution is 2.29. The molecule has 5 nitrogen and oxygen atoms in total. The van der Waals surface area contributed by atoms with Gasteiger partial charge in [-0.05, 0) is 13.3 Å². The maximum Gasteiger partial charge on any atom is 0.261 e. The summed E-state index contributed by atoms with van der Waals surface area (Å²) in [6.07, 6.45) is 2.26. The van der Waals surface area contributed by atoms with Crippen LogP contribution in [-0.2, 0) is 14.4 Å². The molecule has 2 aliphatic rings. The van der Waals surface area contributed by atoms with Crippen molar-refractivity contribution in [2.24, 2.45) is 0 Å². The summed E-state index contributed by atoms with van der Waals surface area (Å²) in [6.45, 7) is 9.02. The lowest BCUT2D eigenvalue weighted by Gasteiger charge is -2.31. The third-order valence-corrected chi connectivity index (χ3v) is 3.20. The van der Waals surface area contributed by atoms with E-state index in [9.17, 15) is 14.4 Å². The molecular weight excluding hydrogens is 232 g/mol. The molecule has 2 rings (SSSR count). The summed E-state index contributed by atoms with van der Waals surface area (Å²) in [4.78, 5) is 36.5. The first kappa shape index (κ1) is 12.3. The molecule has 0 aromatic carbocycles. The molecule has 1 unspecified atom stereocenters. The second kappa shape index (κ2) is 4.25. The van der Waals surface area contributed by atoms with Crippen molar-refractivity contribution in [2.45, 2.75) is 25.8 Å². The van der Waals surface area contributed by atoms with Crippen LogP contribution in [0.15, 0.2) is 36.1 Å². The summed E-state index contributed by atoms with van der Waals surface area (Å²) in [5.74, 6) is -0.911. The fraction of sp³-hybridized carbons (Fsp3) is 0.308. The number of allylic oxidation sites excluding steroid dienone is 1. The van der Waals surface area contributed by atoms with E-state index in [4.69, 9.17) is 0 Å². The zero-order valence-corrected chi connectivity index (χ0v) is 10.2. The predicted molar refractivity (Wildman–Crippen MR) is 65.1 cm³/mol. The molecule has 18 heavy (non-hydrogen) atoms. The number of carbonyl (C=O) groups excluding carboxylic acids is 3. The van der Waals surface area contributed by atoms with Crippen molar-refractivity contribution < 1.29 is 14.4 Å². The van der Waals surface area contributed by atoms with Gasteiger partial charge in [0.15, 0.2) is 0 Å². The summed E-state index contributed by atoms with van der Waals surface area (Å²) in [5, 5.41) is 2.57. The minimum Gasteiger partial charge on any atom is -0.328 e. The average Bonchev–Trinajstić information content (AvgIpc) is 2.52. The summed E-state index contributed by atoms with van der Waals surface area (Å²) < 4.78 is 0. The standard InChI is InChI=1S/C13H14N2O3/c1-4-9-7(2)12(17)15(13(9)18)10-5-6-11(16)14-8(10)3/h4,10H,2-3,5-6H2,1H3,(H,14,16)/b9-4+. The second-order valence-electron chi connectivity index (χ2n) is 4.29. The smallest absolute Gasteiger partial charge is 0.261 e. The van der Waals surface area contributed by atoms with E-state index in [2.05, 4.69) is 18.5 Å². The topological polar surface area (TPSA) is 66.5 Å². The van der Waals surface area contributed by atoms with Crippen LogP contribution in [-0.4, -0.2) is 28.7 Å². The minimum atomic E-state index is -0.475. The van der Waals surface area contributed by atoms with Crippen molar-refractivity contribution in [2.75, 3.05) is 0 Å². The van der Waals surface area contributed by atoms with E-state index in [1.54, 1.807) is 13.0 Å². The quantitative estimate of drug-likeness (QED) is 0.545. The van der Waals surface area contributed by atoms with Gasteiger partial charge in [-0.25, -0.2) is 0 Å². The monoisotopic (exact) mass is 246 g/mol. The zero-order chi connectivity index (χ0) is 13.4. The lowest BCUT2D eigenvalue weighted by molar-refractivity contribution is -0.140. The van der Waals surface area contributed by atoms with Crippen LogP contribution in [0.3, 0.4) is 0 Å². The Labute approximate surface area is 105 Å². The first-order valence-electron chi connectivity index (χ1n) is 5.69. The molecule has 0 radical (unpaired) electrons. The van der Waals surface area contributed by atoms with Gasteiger partial charge in [-0.2, -0.15) is 0 Å². The molecule has 2 aliphatic heterocycles. The molecule has 0 saturated carbocycles. The van der Waals surface area contributed by atoms with E-state index < -0.39 is 11.9 Å². The Morgan fingerprint density at radius 3 is 2.44 bits per heavy atom. The Bertz CT molecular complexity index is 516. The fourth-order valence-corrected chi connectivity index (χ4v) is 2.24. The first-order valence-corrected chi connectivity index (χ1v) is 5.69. The van der Waals surface area contributed by atoms with E-state index in [1.165, 1.54) is 0 Å². The molecule has 2 saturated heterocycles. The number of imide groups is 1. The Balaban J connectivity index is 2.32. The van der Waals surface area contributed by atoms with Crippen LogP contribution in [0, 0.1) is 0 Å². The van der Waals surface area contributed by atoms with Crippen LogP contribution in [0.5, 0.6) is 0 Å². The summed E-state index contributed by atoms with van der Waals surface area (Å²) >= 11 is 0. The van der Waals surface area contributed by atoms with Gasteiger partial charge in [-0.15, -0.1) is 0 Å². The number of amides is 3. The Kier molecular flexibility index (Phi) is 2.90. The molecular formula is C13H14N2O3. The van der Waals surface area contributed by atoms with Crippen molar-refractivity contribution in [1.29, 1.82) is 0 Å². The molecule has 3 amide bonds. The second-order valence-corrected chi connectivity index (χ2v) is 4.29. The molecule has 0 aromatic heterocycles. The lowest BCUT2D eigenvalue weighted by atomic mass is 10.0. The summed E-state index contributed by atoms with van der Waals surface area (Å²) in [7, 11) is 0. The van der Waals surface area contributed by atoms with E-state index in [0.717, 1.165) is 4.90 Å². The molecule has 0 bridgehead atoms. The normalized spacial score (nSPS) is 27.2. The van der Waals surface area contributed by atoms with E-state index in [1.807, 2.05) is 0 Å². The van der Waals surface area contributed by atoms with Crippen molar-refractivity contribution >= 4 is 17.7 Å². The van der Waals surface area contributed by atoms with Gasteiger partial charge < -0.3 is 5.32 Å². The summed E-state index contributed by atoms with van der Waals surface area (Å²) in [6, 6.07) is -0.475. The molecule has 0 aromatic rings. The number of nitrogens with zero attached hydrogens (tertiary/aromatic N) is 1. The summed E-state index contributed by atoms with van der Waals surface area (Å²) in [5.41, 5.74) is 0.912. The molecule has 0 aliphatic carbocycles. The largest absolute Gasteiger partial charge is 0.328 e. The van der Waals surface area contributed by atoms with Gasteiger partial charge in [0.25, 0.3) is 11.8 Å². The van der Waals surface area contributed by atoms with Crippen molar-refractivity contribution in [3.05, 3.63) is 36.1 Å². The van der Waals surface area contributed by atoms with E-state index >= 15 is 0 Å². The Hall–Kier alpha value is -2.17. The number of carbonyl (C=O) groups is 3. The zero-order valence-electron chi connectivity index (χ0n) is 10.2. The van der Waals surface area contributed by atoms with Crippen LogP contribution in [0.1, 0.15) is 19.8 Å². The maximum atomic E-state index is 12.1. The molecule has 1 N–H and O–H groups in total. The number of likely N-dealkylation sites (tertiary alicyclic amines) is 1. The minimum absolute atomic E-state index is 0.138. The van der Waals surface area contributed by atoms with Crippen molar-refractivity contribution in [3.63, 3.8) is 0 Å². The van der Waals surface area contributed by atoms with Crippen LogP contribution in [0.25, 0.3) is 0 Å². The average molecular weight is 246 g/mol. The van der Waals surface area contributed by atoms with Gasteiger partial charge in [0.1, 0.15) is 0 Å². The molecule has 5 heteroatoms. The maximum absolute atomic E-state index is 12.1. The molecule has 94 valence electrons. The van der Waals surface area contributed by atoms with Crippen LogP contribution < -0.4 is 5.32 Å². The number of hydrogen-bond donors (Lipinski definition) is 1. The Morgan fingerprint density at radius 2 is 1.94 bits per heavy atom. The predicted octanol–water partition coefficient (Wildman–Crippen LogP) is 0.650. The molecule has 2 heterocycles. The Morgan fingerprint density at radius 1 is 1.28 bits per heavy atom. The SMILES string of the molecule is C=C1C(=O)N(C2CCC(=O)NC2=C)C(=O)/C1=C/C. The number of rotatable bonds is 1. The lowest BCUT2D eigenvalue weighted by Crippen LogP contribution is -2.48. The molecule has 2 fully saturated rings. The van der Waals surface area contributed by atoms with Gasteiger partial charge in [-0.1, -0.05) is 19.2 Å². The van der Waals surface area contributed by atoms with Crippen molar-refractivity contribution in [3.8, 4) is 0 Å². The number of piperidine rings is 1. The van der Waals surface area contributed by atoms with Crippen LogP contribution in [0.2, 0.25) is 0 Å². The highest BCUT2D eigenvalue weighted by Gasteiger charge is 2.43. The van der Waals surface area contributed by atoms with E-state index in [0.29, 0.717) is 17.7 Å². The van der Waals surface area contributed by atoms with E-state index in [-0.39, 0.29) is 23.8 Å². The number of nitrogens with one attached hydrogen (secondary N) is 1. The number of hydrogen-bond acceptors (Lipinski definition) is 3. The first-order chi connectivity index (χ1) is 8.47. The van der Waals surface area contributed by atoms with Crippen LogP contribution >= 0.6 is 0 Å².